The van der Waals surface area contributed by atoms with Gasteiger partial charge in [0, 0.05) is 0 Å². The summed E-state index contributed by atoms with van der Waals surface area (Å²) in [5.74, 6) is 1.83. The van der Waals surface area contributed by atoms with Crippen LogP contribution in [0.3, 0.4) is 0 Å². The van der Waals surface area contributed by atoms with Gasteiger partial charge in [-0.15, -0.1) is 0 Å². The summed E-state index contributed by atoms with van der Waals surface area (Å²) in [5, 5.41) is 9.69. The minimum atomic E-state index is 0.0190. The van der Waals surface area contributed by atoms with Crippen LogP contribution in [-0.4, -0.2) is 22.7 Å². The van der Waals surface area contributed by atoms with Crippen LogP contribution in [-0.2, 0) is 0 Å². The second kappa shape index (κ2) is 8.49. The normalized spacial score (nSPS) is 11.7. The topological polar surface area (TPSA) is 70.9 Å². The molecular formula is C22H22BrN3O2. The highest BCUT2D eigenvalue weighted by atomic mass is 79.9. The monoisotopic (exact) mass is 439 g/mol. The number of ether oxygens (including phenoxy) is 2. The molecule has 1 aromatic heterocycles. The van der Waals surface area contributed by atoms with Crippen molar-refractivity contribution >= 4 is 38.6 Å². The number of nitrogens with one attached hydrogen (secondary N) is 1. The Morgan fingerprint density at radius 3 is 2.79 bits per heavy atom. The van der Waals surface area contributed by atoms with Gasteiger partial charge >= 0.3 is 0 Å². The fraction of sp³-hybridized carbons (Fsp3) is 0.273. The highest BCUT2D eigenvalue weighted by Gasteiger charge is 2.14. The van der Waals surface area contributed by atoms with Gasteiger partial charge in [0.25, 0.3) is 0 Å². The van der Waals surface area contributed by atoms with Crippen LogP contribution < -0.4 is 9.47 Å². The molecule has 0 bridgehead atoms. The quantitative estimate of drug-likeness (QED) is 0.486. The lowest BCUT2D eigenvalue weighted by Gasteiger charge is -2.17. The zero-order chi connectivity index (χ0) is 20.3. The third kappa shape index (κ3) is 4.37. The van der Waals surface area contributed by atoms with E-state index in [0.29, 0.717) is 29.5 Å². The van der Waals surface area contributed by atoms with Crippen molar-refractivity contribution in [2.45, 2.75) is 33.8 Å². The van der Waals surface area contributed by atoms with Gasteiger partial charge in [-0.3, -0.25) is 0 Å². The molecule has 0 unspecified atom stereocenters. The van der Waals surface area contributed by atoms with E-state index in [9.17, 15) is 5.26 Å². The first-order valence-electron chi connectivity index (χ1n) is 9.12. The molecule has 0 amide bonds. The number of aromatic amines is 1. The third-order valence-corrected chi connectivity index (χ3v) is 4.60. The Bertz CT molecular complexity index is 1080. The highest BCUT2D eigenvalue weighted by molar-refractivity contribution is 9.10. The average Bonchev–Trinajstić information content (AvgIpc) is 3.05. The number of allylic oxidation sites excluding steroid dienone is 1. The molecule has 0 aliphatic rings. The molecule has 2 aromatic carbocycles. The van der Waals surface area contributed by atoms with Crippen molar-refractivity contribution in [3.8, 4) is 17.6 Å². The zero-order valence-electron chi connectivity index (χ0n) is 16.3. The van der Waals surface area contributed by atoms with Crippen molar-refractivity contribution in [1.82, 2.24) is 9.97 Å². The molecule has 0 spiro atoms. The number of aromatic nitrogens is 2. The standard InChI is InChI=1S/C22H22BrN3O2/c1-5-27-20-11-15(10-17(23)21(20)28-13(2)3)9-16(12-24)22-25-18-7-6-14(4)8-19(18)26-22/h6-11,13H,5H2,1-4H3,(H,25,26). The van der Waals surface area contributed by atoms with Crippen molar-refractivity contribution in [1.29, 1.82) is 5.26 Å². The lowest BCUT2D eigenvalue weighted by Crippen LogP contribution is -2.08. The summed E-state index contributed by atoms with van der Waals surface area (Å²) in [6.07, 6.45) is 1.81. The van der Waals surface area contributed by atoms with Gasteiger partial charge in [-0.2, -0.15) is 5.26 Å². The molecule has 1 heterocycles. The van der Waals surface area contributed by atoms with E-state index >= 15 is 0 Å². The van der Waals surface area contributed by atoms with E-state index in [1.807, 2.05) is 58.0 Å². The van der Waals surface area contributed by atoms with Crippen molar-refractivity contribution in [3.63, 3.8) is 0 Å². The second-order valence-electron chi connectivity index (χ2n) is 6.71. The van der Waals surface area contributed by atoms with E-state index in [2.05, 4.69) is 32.0 Å². The molecule has 1 N–H and O–H groups in total. The Labute approximate surface area is 173 Å². The number of hydrogen-bond acceptors (Lipinski definition) is 4. The minimum absolute atomic E-state index is 0.0190. The number of hydrogen-bond donors (Lipinski definition) is 1. The van der Waals surface area contributed by atoms with E-state index in [1.54, 1.807) is 6.08 Å². The van der Waals surface area contributed by atoms with Crippen LogP contribution in [0.4, 0.5) is 0 Å². The number of nitrogens with zero attached hydrogens (tertiary/aromatic N) is 2. The Kier molecular flexibility index (Phi) is 6.05. The predicted octanol–water partition coefficient (Wildman–Crippen LogP) is 5.88. The first kappa shape index (κ1) is 20.0. The first-order chi connectivity index (χ1) is 13.4. The Morgan fingerprint density at radius 2 is 2.11 bits per heavy atom. The lowest BCUT2D eigenvalue weighted by molar-refractivity contribution is 0.222. The largest absolute Gasteiger partial charge is 0.490 e. The van der Waals surface area contributed by atoms with Crippen molar-refractivity contribution in [2.24, 2.45) is 0 Å². The average molecular weight is 440 g/mol. The summed E-state index contributed by atoms with van der Waals surface area (Å²) in [5.41, 5.74) is 4.14. The van der Waals surface area contributed by atoms with Gasteiger partial charge in [0.15, 0.2) is 11.5 Å². The van der Waals surface area contributed by atoms with Gasteiger partial charge in [0.2, 0.25) is 0 Å². The highest BCUT2D eigenvalue weighted by Crippen LogP contribution is 2.38. The number of imidazole rings is 1. The first-order valence-corrected chi connectivity index (χ1v) is 9.92. The zero-order valence-corrected chi connectivity index (χ0v) is 17.9. The van der Waals surface area contributed by atoms with E-state index in [4.69, 9.17) is 9.47 Å². The summed E-state index contributed by atoms with van der Waals surface area (Å²) in [7, 11) is 0. The van der Waals surface area contributed by atoms with Gasteiger partial charge in [-0.05, 0) is 85.1 Å². The number of benzene rings is 2. The molecule has 0 aliphatic carbocycles. The van der Waals surface area contributed by atoms with Crippen LogP contribution >= 0.6 is 15.9 Å². The van der Waals surface area contributed by atoms with E-state index < -0.39 is 0 Å². The number of halogens is 1. The molecule has 0 radical (unpaired) electrons. The maximum atomic E-state index is 9.69. The molecule has 0 saturated carbocycles. The molecule has 6 heteroatoms. The number of aryl methyl sites for hydroxylation is 1. The molecule has 3 aromatic rings. The van der Waals surface area contributed by atoms with Crippen LogP contribution in [0.25, 0.3) is 22.7 Å². The van der Waals surface area contributed by atoms with Crippen LogP contribution in [0.15, 0.2) is 34.8 Å². The van der Waals surface area contributed by atoms with Crippen LogP contribution in [0.1, 0.15) is 37.7 Å². The van der Waals surface area contributed by atoms with E-state index in [0.717, 1.165) is 26.6 Å². The Morgan fingerprint density at radius 1 is 1.32 bits per heavy atom. The Hall–Kier alpha value is -2.78. The molecule has 0 aliphatic heterocycles. The number of rotatable bonds is 6. The van der Waals surface area contributed by atoms with Gasteiger partial charge in [-0.1, -0.05) is 6.07 Å². The smallest absolute Gasteiger partial charge is 0.175 e. The summed E-state index contributed by atoms with van der Waals surface area (Å²) in [6, 6.07) is 12.0. The van der Waals surface area contributed by atoms with Crippen molar-refractivity contribution in [2.75, 3.05) is 6.61 Å². The van der Waals surface area contributed by atoms with Crippen LogP contribution in [0.2, 0.25) is 0 Å². The molecule has 0 atom stereocenters. The van der Waals surface area contributed by atoms with Gasteiger partial charge in [0.05, 0.1) is 33.8 Å². The molecule has 5 nitrogen and oxygen atoms in total. The lowest BCUT2D eigenvalue weighted by atomic mass is 10.1. The molecule has 3 rings (SSSR count). The molecule has 0 saturated heterocycles. The summed E-state index contributed by atoms with van der Waals surface area (Å²) in [4.78, 5) is 7.78. The van der Waals surface area contributed by atoms with Crippen LogP contribution in [0.5, 0.6) is 11.5 Å². The molecule has 28 heavy (non-hydrogen) atoms. The molecule has 144 valence electrons. The second-order valence-corrected chi connectivity index (χ2v) is 7.56. The fourth-order valence-electron chi connectivity index (χ4n) is 2.86. The van der Waals surface area contributed by atoms with E-state index in [-0.39, 0.29) is 6.10 Å². The van der Waals surface area contributed by atoms with Gasteiger partial charge in [0.1, 0.15) is 11.9 Å². The predicted molar refractivity (Wildman–Crippen MR) is 115 cm³/mol. The van der Waals surface area contributed by atoms with Gasteiger partial charge < -0.3 is 14.5 Å². The fourth-order valence-corrected chi connectivity index (χ4v) is 3.41. The number of nitriles is 1. The molecule has 0 fully saturated rings. The minimum Gasteiger partial charge on any atom is -0.490 e. The van der Waals surface area contributed by atoms with E-state index in [1.165, 1.54) is 0 Å². The maximum Gasteiger partial charge on any atom is 0.175 e. The van der Waals surface area contributed by atoms with Crippen LogP contribution in [0, 0.1) is 18.3 Å². The SMILES string of the molecule is CCOc1cc(C=C(C#N)c2nc3ccc(C)cc3[nH]2)cc(Br)c1OC(C)C. The number of fused-ring (bicyclic) bond motifs is 1. The molecular weight excluding hydrogens is 418 g/mol. The summed E-state index contributed by atoms with van der Waals surface area (Å²) < 4.78 is 12.4. The third-order valence-electron chi connectivity index (χ3n) is 4.01. The summed E-state index contributed by atoms with van der Waals surface area (Å²) in [6.45, 7) is 8.39. The van der Waals surface area contributed by atoms with Crippen molar-refractivity contribution < 1.29 is 9.47 Å². The maximum absolute atomic E-state index is 9.69. The van der Waals surface area contributed by atoms with Crippen molar-refractivity contribution in [3.05, 3.63) is 51.8 Å². The number of H-pyrrole nitrogens is 1. The summed E-state index contributed by atoms with van der Waals surface area (Å²) >= 11 is 3.56. The van der Waals surface area contributed by atoms with Gasteiger partial charge in [-0.25, -0.2) is 4.98 Å². The Balaban J connectivity index is 2.05.